The number of aromatic nitrogens is 2. The maximum atomic E-state index is 13.8. The molecule has 1 aliphatic heterocycles. The lowest BCUT2D eigenvalue weighted by atomic mass is 10.00. The molecule has 2 rings (SSSR count). The van der Waals surface area contributed by atoms with Gasteiger partial charge in [0.25, 0.3) is 0 Å². The minimum Gasteiger partial charge on any atom is -0.366 e. The van der Waals surface area contributed by atoms with Gasteiger partial charge in [-0.3, -0.25) is 14.8 Å². The molecule has 3 N–H and O–H groups in total. The molecule has 2 heterocycles. The molecule has 1 aromatic heterocycles. The van der Waals surface area contributed by atoms with Gasteiger partial charge in [0.2, 0.25) is 18.3 Å². The fourth-order valence-electron chi connectivity index (χ4n) is 3.72. The summed E-state index contributed by atoms with van der Waals surface area (Å²) in [5, 5.41) is 10.3. The molecular formula is C20H32F3N7O3. The van der Waals surface area contributed by atoms with Gasteiger partial charge in [-0.05, 0) is 13.0 Å². The maximum absolute atomic E-state index is 13.8. The fraction of sp³-hybridized carbons (Fsp3) is 0.700. The van der Waals surface area contributed by atoms with Gasteiger partial charge in [-0.15, -0.1) is 0 Å². The smallest absolute Gasteiger partial charge is 0.366 e. The predicted molar refractivity (Wildman–Crippen MR) is 115 cm³/mol. The zero-order valence-corrected chi connectivity index (χ0v) is 19.0. The number of hydrogen-bond donors (Lipinski definition) is 2. The van der Waals surface area contributed by atoms with E-state index in [-0.39, 0.29) is 25.1 Å². The van der Waals surface area contributed by atoms with Crippen molar-refractivity contribution in [2.45, 2.75) is 45.7 Å². The number of anilines is 2. The van der Waals surface area contributed by atoms with Gasteiger partial charge in [-0.1, -0.05) is 33.1 Å². The molecule has 0 saturated carbocycles. The summed E-state index contributed by atoms with van der Waals surface area (Å²) in [7, 11) is 0. The molecule has 0 aliphatic carbocycles. The van der Waals surface area contributed by atoms with Crippen molar-refractivity contribution in [3.63, 3.8) is 0 Å². The molecule has 0 unspecified atom stereocenters. The Morgan fingerprint density at radius 1 is 1.27 bits per heavy atom. The maximum Gasteiger partial charge on any atom is 0.435 e. The van der Waals surface area contributed by atoms with Crippen molar-refractivity contribution in [1.29, 1.82) is 0 Å². The van der Waals surface area contributed by atoms with Gasteiger partial charge in [-0.25, -0.2) is 25.9 Å². The molecule has 10 nitrogen and oxygen atoms in total. The molecule has 0 bridgehead atoms. The molecule has 1 aliphatic rings. The van der Waals surface area contributed by atoms with Gasteiger partial charge < -0.3 is 9.80 Å². The number of hydroxylamine groups is 2. The summed E-state index contributed by atoms with van der Waals surface area (Å²) in [4.78, 5) is 34.9. The van der Waals surface area contributed by atoms with E-state index in [1.54, 1.807) is 4.90 Å². The Morgan fingerprint density at radius 2 is 1.94 bits per heavy atom. The molecule has 1 aromatic rings. The average Bonchev–Trinajstić information content (AvgIpc) is 2.81. The van der Waals surface area contributed by atoms with E-state index in [4.69, 9.17) is 5.84 Å². The van der Waals surface area contributed by atoms with Crippen LogP contribution >= 0.6 is 0 Å². The van der Waals surface area contributed by atoms with Crippen molar-refractivity contribution < 1.29 is 28.0 Å². The summed E-state index contributed by atoms with van der Waals surface area (Å²) in [6, 6.07) is 0. The molecule has 1 atom stereocenters. The summed E-state index contributed by atoms with van der Waals surface area (Å²) in [6.07, 6.45) is -1.02. The van der Waals surface area contributed by atoms with Gasteiger partial charge in [0.05, 0.1) is 24.3 Å². The predicted octanol–water partition coefficient (Wildman–Crippen LogP) is 1.89. The van der Waals surface area contributed by atoms with Crippen LogP contribution in [0.2, 0.25) is 0 Å². The number of amides is 2. The van der Waals surface area contributed by atoms with Crippen LogP contribution in [0.4, 0.5) is 24.8 Å². The van der Waals surface area contributed by atoms with Crippen LogP contribution in [-0.4, -0.2) is 76.7 Å². The molecular weight excluding hydrogens is 443 g/mol. The molecule has 0 aromatic carbocycles. The highest BCUT2D eigenvalue weighted by Crippen LogP contribution is 2.36. The van der Waals surface area contributed by atoms with Crippen molar-refractivity contribution in [1.82, 2.24) is 19.9 Å². The molecule has 1 saturated heterocycles. The summed E-state index contributed by atoms with van der Waals surface area (Å²) in [6.45, 7) is 6.44. The summed E-state index contributed by atoms with van der Waals surface area (Å²) in [5.74, 6) is 3.52. The topological polar surface area (TPSA) is 119 Å². The lowest BCUT2D eigenvalue weighted by Crippen LogP contribution is -2.47. The summed E-state index contributed by atoms with van der Waals surface area (Å²) in [5.41, 5.74) is -1.33. The summed E-state index contributed by atoms with van der Waals surface area (Å²) < 4.78 is 41.5. The number of rotatable bonds is 11. The van der Waals surface area contributed by atoms with E-state index in [1.165, 1.54) is 0 Å². The number of likely N-dealkylation sites (N-methyl/N-ethyl adjacent to an activating group) is 1. The van der Waals surface area contributed by atoms with Crippen molar-refractivity contribution in [3.8, 4) is 0 Å². The quantitative estimate of drug-likeness (QED) is 0.124. The standard InChI is InChI=1S/C20H32F3N7O3/c1-3-5-6-7-15(13-29(33)14-31)18(32)30(24)19-25-12-16(17(26-19)20(21,22)23)28-10-8-27(4-2)9-11-28/h12,14-15,33H,3-11,13,24H2,1-2H3/t15-/m1/s1. The van der Waals surface area contributed by atoms with E-state index in [0.717, 1.165) is 25.6 Å². The number of piperazine rings is 1. The first-order valence-corrected chi connectivity index (χ1v) is 11.0. The van der Waals surface area contributed by atoms with Gasteiger partial charge in [0.1, 0.15) is 0 Å². The second-order valence-corrected chi connectivity index (χ2v) is 7.95. The normalized spacial score (nSPS) is 15.9. The number of carbonyl (C=O) groups is 2. The van der Waals surface area contributed by atoms with E-state index in [9.17, 15) is 28.0 Å². The number of carbonyl (C=O) groups excluding carboxylic acids is 2. The number of nitrogens with zero attached hydrogens (tertiary/aromatic N) is 6. The minimum absolute atomic E-state index is 0.145. The third-order valence-electron chi connectivity index (χ3n) is 5.67. The van der Waals surface area contributed by atoms with Gasteiger partial charge in [-0.2, -0.15) is 13.2 Å². The Labute approximate surface area is 191 Å². The van der Waals surface area contributed by atoms with Gasteiger partial charge in [0, 0.05) is 26.2 Å². The van der Waals surface area contributed by atoms with Gasteiger partial charge in [0.15, 0.2) is 5.69 Å². The number of nitrogens with two attached hydrogens (primary N) is 1. The van der Waals surface area contributed by atoms with Crippen molar-refractivity contribution >= 4 is 24.0 Å². The van der Waals surface area contributed by atoms with Gasteiger partial charge >= 0.3 is 6.18 Å². The van der Waals surface area contributed by atoms with Crippen molar-refractivity contribution in [2.75, 3.05) is 49.2 Å². The monoisotopic (exact) mass is 475 g/mol. The van der Waals surface area contributed by atoms with E-state index in [1.807, 2.05) is 13.8 Å². The second kappa shape index (κ2) is 12.1. The van der Waals surface area contributed by atoms with Crippen LogP contribution in [0.1, 0.15) is 45.2 Å². The lowest BCUT2D eigenvalue weighted by Gasteiger charge is -2.36. The first-order chi connectivity index (χ1) is 15.6. The first-order valence-electron chi connectivity index (χ1n) is 11.0. The van der Waals surface area contributed by atoms with Crippen LogP contribution in [0.5, 0.6) is 0 Å². The third kappa shape index (κ3) is 7.24. The largest absolute Gasteiger partial charge is 0.435 e. The zero-order valence-electron chi connectivity index (χ0n) is 19.0. The van der Waals surface area contributed by atoms with Crippen LogP contribution in [0.3, 0.4) is 0 Å². The highest BCUT2D eigenvalue weighted by atomic mass is 19.4. The lowest BCUT2D eigenvalue weighted by molar-refractivity contribution is -0.154. The van der Waals surface area contributed by atoms with Crippen LogP contribution in [0, 0.1) is 5.92 Å². The number of hydrazine groups is 1. The number of alkyl halides is 3. The minimum atomic E-state index is -4.78. The fourth-order valence-corrected chi connectivity index (χ4v) is 3.72. The molecule has 1 fully saturated rings. The molecule has 186 valence electrons. The summed E-state index contributed by atoms with van der Waals surface area (Å²) >= 11 is 0. The van der Waals surface area contributed by atoms with Crippen LogP contribution in [-0.2, 0) is 15.8 Å². The number of halogens is 3. The Bertz CT molecular complexity index is 789. The second-order valence-electron chi connectivity index (χ2n) is 7.95. The molecule has 33 heavy (non-hydrogen) atoms. The highest BCUT2D eigenvalue weighted by Gasteiger charge is 2.39. The van der Waals surface area contributed by atoms with E-state index >= 15 is 0 Å². The van der Waals surface area contributed by atoms with E-state index < -0.39 is 29.6 Å². The Kier molecular flexibility index (Phi) is 9.80. The zero-order chi connectivity index (χ0) is 24.6. The SMILES string of the molecule is CCCCC[C@H](CN(O)C=O)C(=O)N(N)c1ncc(N2CCN(CC)CC2)c(C(F)(F)F)n1. The number of unbranched alkanes of at least 4 members (excludes halogenated alkanes) is 2. The molecule has 0 spiro atoms. The Hall–Kier alpha value is -2.51. The molecule has 2 amide bonds. The van der Waals surface area contributed by atoms with Crippen molar-refractivity contribution in [3.05, 3.63) is 11.9 Å². The van der Waals surface area contributed by atoms with Crippen LogP contribution in [0.25, 0.3) is 0 Å². The number of hydrogen-bond acceptors (Lipinski definition) is 8. The van der Waals surface area contributed by atoms with E-state index in [0.29, 0.717) is 42.7 Å². The first kappa shape index (κ1) is 26.7. The molecule has 0 radical (unpaired) electrons. The van der Waals surface area contributed by atoms with Crippen LogP contribution < -0.4 is 15.8 Å². The Morgan fingerprint density at radius 3 is 2.48 bits per heavy atom. The third-order valence-corrected chi connectivity index (χ3v) is 5.67. The van der Waals surface area contributed by atoms with Crippen LogP contribution in [0.15, 0.2) is 6.20 Å². The highest BCUT2D eigenvalue weighted by molar-refractivity contribution is 5.92. The molecule has 13 heteroatoms. The van der Waals surface area contributed by atoms with Crippen molar-refractivity contribution in [2.24, 2.45) is 11.8 Å². The van der Waals surface area contributed by atoms with E-state index in [2.05, 4.69) is 14.9 Å². The Balaban J connectivity index is 2.28. The average molecular weight is 476 g/mol.